The predicted molar refractivity (Wildman–Crippen MR) is 74.3 cm³/mol. The number of amides is 1. The molecule has 0 saturated heterocycles. The molecule has 2 aromatic rings. The number of phenolic OH excluding ortho intramolecular Hbond substituents is 1. The Balaban J connectivity index is 2.09. The number of hydrogen-bond acceptors (Lipinski definition) is 5. The third-order valence-electron chi connectivity index (χ3n) is 2.56. The van der Waals surface area contributed by atoms with Crippen LogP contribution in [0.15, 0.2) is 23.6 Å². The quantitative estimate of drug-likeness (QED) is 0.800. The minimum absolute atomic E-state index is 0.125. The molecule has 0 spiro atoms. The molecule has 0 unspecified atom stereocenters. The van der Waals surface area contributed by atoms with Crippen molar-refractivity contribution in [2.45, 2.75) is 13.3 Å². The van der Waals surface area contributed by atoms with Gasteiger partial charge < -0.3 is 10.2 Å². The first-order valence-corrected chi connectivity index (χ1v) is 6.61. The molecule has 1 amide bonds. The Bertz CT molecular complexity index is 666. The number of aliphatic carboxylic acids is 1. The van der Waals surface area contributed by atoms with Crippen molar-refractivity contribution in [1.29, 1.82) is 0 Å². The normalized spacial score (nSPS) is 10.2. The maximum atomic E-state index is 12.0. The largest absolute Gasteiger partial charge is 0.508 e. The lowest BCUT2D eigenvalue weighted by Crippen LogP contribution is -2.12. The molecule has 104 valence electrons. The average Bonchev–Trinajstić information content (AvgIpc) is 2.79. The maximum Gasteiger partial charge on any atom is 0.309 e. The first-order valence-electron chi connectivity index (χ1n) is 5.73. The molecule has 7 heteroatoms. The van der Waals surface area contributed by atoms with Gasteiger partial charge in [0.25, 0.3) is 5.91 Å². The summed E-state index contributed by atoms with van der Waals surface area (Å²) in [5.41, 5.74) is 1.40. The van der Waals surface area contributed by atoms with Crippen LogP contribution in [0.3, 0.4) is 0 Å². The maximum absolute atomic E-state index is 12.0. The van der Waals surface area contributed by atoms with Crippen LogP contribution in [0.25, 0.3) is 0 Å². The van der Waals surface area contributed by atoms with Crippen molar-refractivity contribution < 1.29 is 19.8 Å². The summed E-state index contributed by atoms with van der Waals surface area (Å²) in [5, 5.41) is 22.6. The molecule has 1 aromatic carbocycles. The number of benzene rings is 1. The van der Waals surface area contributed by atoms with Crippen LogP contribution in [-0.4, -0.2) is 27.1 Å². The lowest BCUT2D eigenvalue weighted by molar-refractivity contribution is -0.136. The van der Waals surface area contributed by atoms with Gasteiger partial charge in [0.05, 0.1) is 12.1 Å². The van der Waals surface area contributed by atoms with E-state index in [1.165, 1.54) is 23.5 Å². The number of phenols is 1. The topological polar surface area (TPSA) is 99.5 Å². The minimum atomic E-state index is -0.970. The number of nitrogens with one attached hydrogen (secondary N) is 1. The fraction of sp³-hybridized carbons (Fsp3) is 0.154. The van der Waals surface area contributed by atoms with Crippen molar-refractivity contribution in [3.05, 3.63) is 40.4 Å². The van der Waals surface area contributed by atoms with Crippen LogP contribution in [-0.2, 0) is 11.2 Å². The molecule has 2 rings (SSSR count). The van der Waals surface area contributed by atoms with Gasteiger partial charge in [-0.05, 0) is 30.7 Å². The van der Waals surface area contributed by atoms with E-state index in [2.05, 4.69) is 10.3 Å². The monoisotopic (exact) mass is 292 g/mol. The number of carboxylic acids is 1. The fourth-order valence-electron chi connectivity index (χ4n) is 1.57. The van der Waals surface area contributed by atoms with Gasteiger partial charge in [-0.1, -0.05) is 0 Å². The van der Waals surface area contributed by atoms with Gasteiger partial charge >= 0.3 is 5.97 Å². The Labute approximate surface area is 118 Å². The van der Waals surface area contributed by atoms with E-state index < -0.39 is 5.97 Å². The van der Waals surface area contributed by atoms with E-state index in [0.717, 1.165) is 0 Å². The van der Waals surface area contributed by atoms with E-state index in [1.54, 1.807) is 18.4 Å². The Morgan fingerprint density at radius 1 is 1.40 bits per heavy atom. The van der Waals surface area contributed by atoms with Crippen LogP contribution in [0.2, 0.25) is 0 Å². The molecule has 0 radical (unpaired) electrons. The van der Waals surface area contributed by atoms with E-state index in [9.17, 15) is 14.7 Å². The number of anilines is 1. The number of aromatic nitrogens is 1. The smallest absolute Gasteiger partial charge is 0.309 e. The van der Waals surface area contributed by atoms with Crippen molar-refractivity contribution in [1.82, 2.24) is 4.98 Å². The minimum Gasteiger partial charge on any atom is -0.508 e. The molecule has 6 nitrogen and oxygen atoms in total. The summed E-state index contributed by atoms with van der Waals surface area (Å²) in [5.74, 6) is -1.20. The zero-order chi connectivity index (χ0) is 14.7. The summed E-state index contributed by atoms with van der Waals surface area (Å²) in [6.07, 6.45) is -0.176. The second kappa shape index (κ2) is 5.70. The van der Waals surface area contributed by atoms with Crippen LogP contribution in [0.4, 0.5) is 5.13 Å². The van der Waals surface area contributed by atoms with E-state index in [1.807, 2.05) is 0 Å². The van der Waals surface area contributed by atoms with Gasteiger partial charge in [0.2, 0.25) is 0 Å². The van der Waals surface area contributed by atoms with Gasteiger partial charge in [0.15, 0.2) is 5.13 Å². The van der Waals surface area contributed by atoms with Gasteiger partial charge in [0.1, 0.15) is 5.75 Å². The van der Waals surface area contributed by atoms with Crippen molar-refractivity contribution in [3.63, 3.8) is 0 Å². The van der Waals surface area contributed by atoms with Crippen molar-refractivity contribution in [2.75, 3.05) is 5.32 Å². The summed E-state index contributed by atoms with van der Waals surface area (Å²) in [4.78, 5) is 26.5. The third kappa shape index (κ3) is 3.33. The molecule has 20 heavy (non-hydrogen) atoms. The molecule has 0 aliphatic heterocycles. The third-order valence-corrected chi connectivity index (χ3v) is 3.37. The SMILES string of the molecule is Cc1cc(C(=O)Nc2nc(CC(=O)O)cs2)ccc1O. The van der Waals surface area contributed by atoms with Gasteiger partial charge in [-0.15, -0.1) is 11.3 Å². The van der Waals surface area contributed by atoms with Crippen LogP contribution in [0, 0.1) is 6.92 Å². The van der Waals surface area contributed by atoms with Crippen molar-refractivity contribution in [3.8, 4) is 5.75 Å². The zero-order valence-corrected chi connectivity index (χ0v) is 11.4. The molecular weight excluding hydrogens is 280 g/mol. The molecule has 1 heterocycles. The number of carbonyl (C=O) groups is 2. The highest BCUT2D eigenvalue weighted by Gasteiger charge is 2.11. The second-order valence-electron chi connectivity index (χ2n) is 4.17. The summed E-state index contributed by atoms with van der Waals surface area (Å²) in [6, 6.07) is 4.52. The molecular formula is C13H12N2O4S. The molecule has 0 atom stereocenters. The van der Waals surface area contributed by atoms with E-state index in [-0.39, 0.29) is 18.1 Å². The van der Waals surface area contributed by atoms with Gasteiger partial charge in [-0.2, -0.15) is 0 Å². The molecule has 0 aliphatic rings. The lowest BCUT2D eigenvalue weighted by atomic mass is 10.1. The molecule has 0 saturated carbocycles. The average molecular weight is 292 g/mol. The summed E-state index contributed by atoms with van der Waals surface area (Å²) in [6.45, 7) is 1.69. The summed E-state index contributed by atoms with van der Waals surface area (Å²) < 4.78 is 0. The lowest BCUT2D eigenvalue weighted by Gasteiger charge is -2.04. The Morgan fingerprint density at radius 2 is 2.15 bits per heavy atom. The standard InChI is InChI=1S/C13H12N2O4S/c1-7-4-8(2-3-10(7)16)12(19)15-13-14-9(6-20-13)5-11(17)18/h2-4,6,16H,5H2,1H3,(H,17,18)(H,14,15,19). The first kappa shape index (κ1) is 14.0. The van der Waals surface area contributed by atoms with E-state index in [4.69, 9.17) is 5.11 Å². The summed E-state index contributed by atoms with van der Waals surface area (Å²) in [7, 11) is 0. The van der Waals surface area contributed by atoms with Crippen molar-refractivity contribution >= 4 is 28.3 Å². The van der Waals surface area contributed by atoms with Gasteiger partial charge in [-0.25, -0.2) is 4.98 Å². The fourth-order valence-corrected chi connectivity index (χ4v) is 2.27. The number of carboxylic acid groups (broad SMARTS) is 1. The highest BCUT2D eigenvalue weighted by Crippen LogP contribution is 2.20. The molecule has 0 fully saturated rings. The number of nitrogens with zero attached hydrogens (tertiary/aromatic N) is 1. The molecule has 3 N–H and O–H groups in total. The Hall–Kier alpha value is -2.41. The van der Waals surface area contributed by atoms with E-state index >= 15 is 0 Å². The zero-order valence-electron chi connectivity index (χ0n) is 10.6. The Morgan fingerprint density at radius 3 is 2.80 bits per heavy atom. The molecule has 0 bridgehead atoms. The number of aromatic hydroxyl groups is 1. The number of aryl methyl sites for hydroxylation is 1. The summed E-state index contributed by atoms with van der Waals surface area (Å²) >= 11 is 1.17. The Kier molecular flexibility index (Phi) is 3.99. The van der Waals surface area contributed by atoms with Crippen LogP contribution < -0.4 is 5.32 Å². The van der Waals surface area contributed by atoms with Crippen LogP contribution in [0.1, 0.15) is 21.6 Å². The first-order chi connectivity index (χ1) is 9.45. The van der Waals surface area contributed by atoms with Crippen LogP contribution in [0.5, 0.6) is 5.75 Å². The molecule has 1 aromatic heterocycles. The second-order valence-corrected chi connectivity index (χ2v) is 5.03. The van der Waals surface area contributed by atoms with Crippen LogP contribution >= 0.6 is 11.3 Å². The number of rotatable bonds is 4. The predicted octanol–water partition coefficient (Wildman–Crippen LogP) is 2.04. The van der Waals surface area contributed by atoms with Gasteiger partial charge in [0, 0.05) is 10.9 Å². The van der Waals surface area contributed by atoms with Crippen molar-refractivity contribution in [2.24, 2.45) is 0 Å². The number of hydrogen-bond donors (Lipinski definition) is 3. The highest BCUT2D eigenvalue weighted by molar-refractivity contribution is 7.14. The highest BCUT2D eigenvalue weighted by atomic mass is 32.1. The number of thiazole rings is 1. The number of carbonyl (C=O) groups excluding carboxylic acids is 1. The molecule has 0 aliphatic carbocycles. The van der Waals surface area contributed by atoms with E-state index in [0.29, 0.717) is 22.0 Å². The van der Waals surface area contributed by atoms with Gasteiger partial charge in [-0.3, -0.25) is 14.9 Å².